The molecule has 0 amide bonds. The van der Waals surface area contributed by atoms with Gasteiger partial charge in [0, 0.05) is 12.5 Å². The molecule has 0 radical (unpaired) electrons. The molecular formula is C12H16N4OS. The highest BCUT2D eigenvalue weighted by Gasteiger charge is 2.24. The van der Waals surface area contributed by atoms with Gasteiger partial charge < -0.3 is 4.42 Å². The molecule has 1 aliphatic rings. The van der Waals surface area contributed by atoms with E-state index < -0.39 is 0 Å². The zero-order chi connectivity index (χ0) is 12.4. The quantitative estimate of drug-likeness (QED) is 0.850. The molecule has 6 heteroatoms. The van der Waals surface area contributed by atoms with Crippen LogP contribution in [0.4, 0.5) is 0 Å². The predicted molar refractivity (Wildman–Crippen MR) is 68.4 cm³/mol. The van der Waals surface area contributed by atoms with Crippen LogP contribution in [0.3, 0.4) is 0 Å². The number of likely N-dealkylation sites (tertiary alicyclic amines) is 1. The molecule has 1 aliphatic heterocycles. The lowest BCUT2D eigenvalue weighted by Crippen LogP contribution is -2.32. The fourth-order valence-corrected chi connectivity index (χ4v) is 3.05. The van der Waals surface area contributed by atoms with Crippen LogP contribution in [0.1, 0.15) is 35.2 Å². The lowest BCUT2D eigenvalue weighted by atomic mass is 9.97. The maximum Gasteiger partial charge on any atom is 0.197 e. The first-order valence-corrected chi connectivity index (χ1v) is 7.00. The normalized spacial score (nSPS) is 18.3. The number of nitrogens with zero attached hydrogens (tertiary/aromatic N) is 4. The molecule has 5 nitrogen and oxygen atoms in total. The van der Waals surface area contributed by atoms with Crippen molar-refractivity contribution in [2.45, 2.75) is 32.2 Å². The van der Waals surface area contributed by atoms with Gasteiger partial charge in [0.05, 0.1) is 16.8 Å². The van der Waals surface area contributed by atoms with Crippen molar-refractivity contribution in [3.05, 3.63) is 28.9 Å². The van der Waals surface area contributed by atoms with E-state index in [0.29, 0.717) is 5.92 Å². The van der Waals surface area contributed by atoms with Crippen molar-refractivity contribution in [2.75, 3.05) is 13.1 Å². The number of hydrogen-bond donors (Lipinski definition) is 0. The summed E-state index contributed by atoms with van der Waals surface area (Å²) in [7, 11) is 0. The summed E-state index contributed by atoms with van der Waals surface area (Å²) in [5, 5.41) is 4.05. The summed E-state index contributed by atoms with van der Waals surface area (Å²) < 4.78 is 9.37. The van der Waals surface area contributed by atoms with Gasteiger partial charge in [-0.25, -0.2) is 4.98 Å². The van der Waals surface area contributed by atoms with Crippen molar-refractivity contribution in [1.82, 2.24) is 19.5 Å². The van der Waals surface area contributed by atoms with Crippen molar-refractivity contribution < 1.29 is 4.42 Å². The number of aryl methyl sites for hydroxylation is 1. The predicted octanol–water partition coefficient (Wildman–Crippen LogP) is 2.21. The minimum Gasteiger partial charge on any atom is -0.449 e. The summed E-state index contributed by atoms with van der Waals surface area (Å²) >= 11 is 1.51. The Balaban J connectivity index is 1.56. The molecule has 0 N–H and O–H groups in total. The van der Waals surface area contributed by atoms with Crippen molar-refractivity contribution in [2.24, 2.45) is 0 Å². The molecule has 18 heavy (non-hydrogen) atoms. The van der Waals surface area contributed by atoms with Gasteiger partial charge in [0.25, 0.3) is 0 Å². The van der Waals surface area contributed by atoms with E-state index in [4.69, 9.17) is 4.42 Å². The molecular weight excluding hydrogens is 248 g/mol. The van der Waals surface area contributed by atoms with Gasteiger partial charge in [-0.05, 0) is 44.4 Å². The smallest absolute Gasteiger partial charge is 0.197 e. The largest absolute Gasteiger partial charge is 0.449 e. The van der Waals surface area contributed by atoms with Gasteiger partial charge in [0.15, 0.2) is 5.89 Å². The molecule has 3 heterocycles. The number of oxazole rings is 1. The maximum atomic E-state index is 5.39. The van der Waals surface area contributed by atoms with Crippen molar-refractivity contribution in [3.63, 3.8) is 0 Å². The van der Waals surface area contributed by atoms with Gasteiger partial charge >= 0.3 is 0 Å². The molecule has 0 unspecified atom stereocenters. The van der Waals surface area contributed by atoms with Crippen LogP contribution < -0.4 is 0 Å². The van der Waals surface area contributed by atoms with Gasteiger partial charge in [0.1, 0.15) is 6.26 Å². The van der Waals surface area contributed by atoms with E-state index in [1.54, 1.807) is 12.5 Å². The van der Waals surface area contributed by atoms with Crippen molar-refractivity contribution in [3.8, 4) is 0 Å². The lowest BCUT2D eigenvalue weighted by molar-refractivity contribution is 0.194. The van der Waals surface area contributed by atoms with Crippen LogP contribution in [0.5, 0.6) is 0 Å². The second-order valence-corrected chi connectivity index (χ2v) is 5.54. The van der Waals surface area contributed by atoms with Crippen LogP contribution in [0, 0.1) is 6.92 Å². The Labute approximate surface area is 110 Å². The highest BCUT2D eigenvalue weighted by Crippen LogP contribution is 2.27. The van der Waals surface area contributed by atoms with Crippen LogP contribution in [-0.2, 0) is 6.54 Å². The van der Waals surface area contributed by atoms with E-state index in [2.05, 4.69) is 19.5 Å². The summed E-state index contributed by atoms with van der Waals surface area (Å²) in [5.74, 6) is 1.38. The lowest BCUT2D eigenvalue weighted by Gasteiger charge is -2.30. The molecule has 1 fully saturated rings. The van der Waals surface area contributed by atoms with E-state index in [9.17, 15) is 0 Å². The second kappa shape index (κ2) is 5.16. The Morgan fingerprint density at radius 3 is 2.89 bits per heavy atom. The molecule has 2 aromatic heterocycles. The molecule has 0 bridgehead atoms. The molecule has 1 saturated heterocycles. The third-order valence-electron chi connectivity index (χ3n) is 3.50. The number of aromatic nitrogens is 3. The minimum atomic E-state index is 0.483. The fraction of sp³-hybridized carbons (Fsp3) is 0.583. The summed E-state index contributed by atoms with van der Waals surface area (Å²) in [5.41, 5.74) is 1.06. The average molecular weight is 264 g/mol. The van der Waals surface area contributed by atoms with Gasteiger partial charge in [-0.1, -0.05) is 4.49 Å². The fourth-order valence-electron chi connectivity index (χ4n) is 2.37. The van der Waals surface area contributed by atoms with E-state index in [1.807, 2.05) is 6.92 Å². The Hall–Kier alpha value is -1.27. The Morgan fingerprint density at radius 2 is 2.28 bits per heavy atom. The topological polar surface area (TPSA) is 55.1 Å². The maximum absolute atomic E-state index is 5.39. The van der Waals surface area contributed by atoms with E-state index >= 15 is 0 Å². The molecule has 0 atom stereocenters. The monoisotopic (exact) mass is 264 g/mol. The van der Waals surface area contributed by atoms with Crippen molar-refractivity contribution in [1.29, 1.82) is 0 Å². The van der Waals surface area contributed by atoms with Crippen LogP contribution in [0.15, 0.2) is 16.9 Å². The van der Waals surface area contributed by atoms with Crippen LogP contribution >= 0.6 is 11.5 Å². The second-order valence-electron chi connectivity index (χ2n) is 4.70. The third kappa shape index (κ3) is 2.44. The van der Waals surface area contributed by atoms with Gasteiger partial charge in [-0.2, -0.15) is 0 Å². The standard InChI is InChI=1S/C12H16N4OS/c1-9-11(18-15-14-9)8-16-5-2-10(3-6-16)12-13-4-7-17-12/h4,7,10H,2-3,5-6,8H2,1H3. The summed E-state index contributed by atoms with van der Waals surface area (Å²) in [6.07, 6.45) is 5.62. The first kappa shape index (κ1) is 11.8. The summed E-state index contributed by atoms with van der Waals surface area (Å²) in [6.45, 7) is 5.18. The van der Waals surface area contributed by atoms with E-state index in [1.165, 1.54) is 16.4 Å². The summed E-state index contributed by atoms with van der Waals surface area (Å²) in [6, 6.07) is 0. The SMILES string of the molecule is Cc1nnsc1CN1CCC(c2ncco2)CC1. The molecule has 2 aromatic rings. The van der Waals surface area contributed by atoms with Crippen LogP contribution in [0.25, 0.3) is 0 Å². The molecule has 96 valence electrons. The van der Waals surface area contributed by atoms with Gasteiger partial charge in [-0.15, -0.1) is 5.10 Å². The van der Waals surface area contributed by atoms with Gasteiger partial charge in [0.2, 0.25) is 0 Å². The molecule has 3 rings (SSSR count). The minimum absolute atomic E-state index is 0.483. The zero-order valence-electron chi connectivity index (χ0n) is 10.4. The average Bonchev–Trinajstić information content (AvgIpc) is 3.03. The van der Waals surface area contributed by atoms with Crippen LogP contribution in [-0.4, -0.2) is 32.6 Å². The number of rotatable bonds is 3. The van der Waals surface area contributed by atoms with E-state index in [-0.39, 0.29) is 0 Å². The first-order valence-electron chi connectivity index (χ1n) is 6.22. The molecule has 0 aromatic carbocycles. The summed E-state index contributed by atoms with van der Waals surface area (Å²) in [4.78, 5) is 7.99. The third-order valence-corrected chi connectivity index (χ3v) is 4.31. The zero-order valence-corrected chi connectivity index (χ0v) is 11.2. The number of piperidine rings is 1. The molecule has 0 saturated carbocycles. The highest BCUT2D eigenvalue weighted by molar-refractivity contribution is 7.05. The van der Waals surface area contributed by atoms with Gasteiger partial charge in [-0.3, -0.25) is 4.90 Å². The Morgan fingerprint density at radius 1 is 1.44 bits per heavy atom. The molecule has 0 aliphatic carbocycles. The molecule has 0 spiro atoms. The highest BCUT2D eigenvalue weighted by atomic mass is 32.1. The Kier molecular flexibility index (Phi) is 3.38. The number of hydrogen-bond acceptors (Lipinski definition) is 6. The van der Waals surface area contributed by atoms with Crippen molar-refractivity contribution >= 4 is 11.5 Å². The Bertz CT molecular complexity index is 488. The van der Waals surface area contributed by atoms with Crippen LogP contribution in [0.2, 0.25) is 0 Å². The van der Waals surface area contributed by atoms with E-state index in [0.717, 1.165) is 44.1 Å². The first-order chi connectivity index (χ1) is 8.83.